The molecule has 74 valence electrons. The summed E-state index contributed by atoms with van der Waals surface area (Å²) in [4.78, 5) is 4.23. The Morgan fingerprint density at radius 3 is 3.08 bits per heavy atom. The number of aromatic nitrogens is 2. The molecule has 0 bridgehead atoms. The molecule has 0 aliphatic carbocycles. The Morgan fingerprint density at radius 2 is 2.38 bits per heavy atom. The number of hydrogen-bond donors (Lipinski definition) is 1. The van der Waals surface area contributed by atoms with Crippen molar-refractivity contribution in [2.24, 2.45) is 0 Å². The minimum atomic E-state index is 0.593. The maximum atomic E-state index is 5.24. The van der Waals surface area contributed by atoms with Crippen molar-refractivity contribution in [3.8, 4) is 0 Å². The zero-order valence-electron chi connectivity index (χ0n) is 8.29. The highest BCUT2D eigenvalue weighted by Crippen LogP contribution is 1.95. The van der Waals surface area contributed by atoms with Crippen molar-refractivity contribution in [1.82, 2.24) is 14.9 Å². The largest absolute Gasteiger partial charge is 0.361 e. The van der Waals surface area contributed by atoms with Crippen LogP contribution in [0.4, 0.5) is 0 Å². The van der Waals surface area contributed by atoms with Gasteiger partial charge in [-0.2, -0.15) is 0 Å². The molecule has 1 heterocycles. The Labute approximate surface area is 78.9 Å². The molecule has 13 heavy (non-hydrogen) atoms. The number of rotatable bonds is 6. The summed E-state index contributed by atoms with van der Waals surface area (Å²) in [7, 11) is 0. The van der Waals surface area contributed by atoms with E-state index in [0.717, 1.165) is 25.4 Å². The Kier molecular flexibility index (Phi) is 4.49. The minimum absolute atomic E-state index is 0.593. The fourth-order valence-electron chi connectivity index (χ4n) is 1.02. The van der Waals surface area contributed by atoms with Gasteiger partial charge in [0.15, 0.2) is 0 Å². The molecule has 0 radical (unpaired) electrons. The molecule has 1 aromatic rings. The highest BCUT2D eigenvalue weighted by atomic mass is 16.5. The summed E-state index contributed by atoms with van der Waals surface area (Å²) >= 11 is 0. The molecule has 0 atom stereocenters. The average molecular weight is 183 g/mol. The van der Waals surface area contributed by atoms with E-state index < -0.39 is 0 Å². The highest BCUT2D eigenvalue weighted by molar-refractivity contribution is 4.95. The lowest BCUT2D eigenvalue weighted by molar-refractivity contribution is 0.0877. The Morgan fingerprint density at radius 1 is 1.54 bits per heavy atom. The molecular formula is C9H17N3O. The third kappa shape index (κ3) is 3.57. The first-order valence-corrected chi connectivity index (χ1v) is 4.66. The molecule has 0 aromatic carbocycles. The summed E-state index contributed by atoms with van der Waals surface area (Å²) in [5.41, 5.74) is 1.06. The second-order valence-electron chi connectivity index (χ2n) is 2.78. The van der Waals surface area contributed by atoms with E-state index in [1.807, 2.05) is 17.7 Å². The van der Waals surface area contributed by atoms with Gasteiger partial charge in [0.05, 0.1) is 12.0 Å². The van der Waals surface area contributed by atoms with Gasteiger partial charge in [-0.3, -0.25) is 0 Å². The molecule has 0 spiro atoms. The zero-order valence-corrected chi connectivity index (χ0v) is 8.29. The first-order chi connectivity index (χ1) is 6.36. The van der Waals surface area contributed by atoms with Crippen LogP contribution in [0.3, 0.4) is 0 Å². The lowest BCUT2D eigenvalue weighted by Gasteiger charge is -2.00. The predicted molar refractivity (Wildman–Crippen MR) is 51.2 cm³/mol. The summed E-state index contributed by atoms with van der Waals surface area (Å²) in [5.74, 6) is 0. The number of nitrogens with zero attached hydrogens (tertiary/aromatic N) is 2. The maximum Gasteiger partial charge on any atom is 0.123 e. The van der Waals surface area contributed by atoms with E-state index in [1.54, 1.807) is 6.33 Å². The van der Waals surface area contributed by atoms with Crippen LogP contribution >= 0.6 is 0 Å². The van der Waals surface area contributed by atoms with Crippen molar-refractivity contribution in [3.63, 3.8) is 0 Å². The smallest absolute Gasteiger partial charge is 0.123 e. The Hall–Kier alpha value is -0.870. The number of imidazole rings is 1. The average Bonchev–Trinajstić information content (AvgIpc) is 2.59. The Balaban J connectivity index is 2.34. The van der Waals surface area contributed by atoms with Crippen LogP contribution in [-0.4, -0.2) is 22.7 Å². The SMILES string of the molecule is CCNCc1cn(COCC)cn1. The standard InChI is InChI=1S/C9H17N3O/c1-3-10-5-9-6-12(7-11-9)8-13-4-2/h6-7,10H,3-5,8H2,1-2H3. The normalized spacial score (nSPS) is 10.6. The molecule has 0 amide bonds. The maximum absolute atomic E-state index is 5.24. The van der Waals surface area contributed by atoms with Crippen LogP contribution in [0.2, 0.25) is 0 Å². The molecule has 0 saturated carbocycles. The summed E-state index contributed by atoms with van der Waals surface area (Å²) in [6, 6.07) is 0. The van der Waals surface area contributed by atoms with Gasteiger partial charge >= 0.3 is 0 Å². The van der Waals surface area contributed by atoms with Gasteiger partial charge < -0.3 is 14.6 Å². The summed E-state index contributed by atoms with van der Waals surface area (Å²) in [6.45, 7) is 7.19. The monoisotopic (exact) mass is 183 g/mol. The van der Waals surface area contributed by atoms with Crippen LogP contribution in [-0.2, 0) is 18.0 Å². The van der Waals surface area contributed by atoms with E-state index in [2.05, 4.69) is 17.2 Å². The molecule has 4 nitrogen and oxygen atoms in total. The number of nitrogens with one attached hydrogen (secondary N) is 1. The van der Waals surface area contributed by atoms with E-state index in [1.165, 1.54) is 0 Å². The highest BCUT2D eigenvalue weighted by Gasteiger charge is 1.96. The van der Waals surface area contributed by atoms with Gasteiger partial charge in [-0.05, 0) is 13.5 Å². The van der Waals surface area contributed by atoms with E-state index in [-0.39, 0.29) is 0 Å². The quantitative estimate of drug-likeness (QED) is 0.714. The number of hydrogen-bond acceptors (Lipinski definition) is 3. The second-order valence-corrected chi connectivity index (χ2v) is 2.78. The van der Waals surface area contributed by atoms with Crippen molar-refractivity contribution >= 4 is 0 Å². The van der Waals surface area contributed by atoms with Gasteiger partial charge in [-0.25, -0.2) is 4.98 Å². The van der Waals surface area contributed by atoms with Crippen molar-refractivity contribution in [3.05, 3.63) is 18.2 Å². The molecule has 0 fully saturated rings. The van der Waals surface area contributed by atoms with E-state index >= 15 is 0 Å². The van der Waals surface area contributed by atoms with Gasteiger partial charge in [-0.15, -0.1) is 0 Å². The summed E-state index contributed by atoms with van der Waals surface area (Å²) < 4.78 is 7.18. The second kappa shape index (κ2) is 5.72. The molecular weight excluding hydrogens is 166 g/mol. The van der Waals surface area contributed by atoms with Crippen LogP contribution < -0.4 is 5.32 Å². The predicted octanol–water partition coefficient (Wildman–Crippen LogP) is 0.987. The van der Waals surface area contributed by atoms with Gasteiger partial charge in [0.1, 0.15) is 6.73 Å². The van der Waals surface area contributed by atoms with Crippen molar-refractivity contribution in [2.45, 2.75) is 27.1 Å². The van der Waals surface area contributed by atoms with Crippen LogP contribution in [0.15, 0.2) is 12.5 Å². The van der Waals surface area contributed by atoms with Gasteiger partial charge in [-0.1, -0.05) is 6.92 Å². The van der Waals surface area contributed by atoms with Crippen LogP contribution in [0, 0.1) is 0 Å². The van der Waals surface area contributed by atoms with E-state index in [4.69, 9.17) is 4.74 Å². The molecule has 1 N–H and O–H groups in total. The van der Waals surface area contributed by atoms with Crippen LogP contribution in [0.5, 0.6) is 0 Å². The Bertz CT molecular complexity index is 212. The lowest BCUT2D eigenvalue weighted by atomic mass is 10.5. The molecule has 0 aliphatic rings. The van der Waals surface area contributed by atoms with Crippen molar-refractivity contribution < 1.29 is 4.74 Å². The van der Waals surface area contributed by atoms with Gasteiger partial charge in [0, 0.05) is 19.3 Å². The van der Waals surface area contributed by atoms with Crippen LogP contribution in [0.1, 0.15) is 19.5 Å². The third-order valence-corrected chi connectivity index (χ3v) is 1.69. The summed E-state index contributed by atoms with van der Waals surface area (Å²) in [6.07, 6.45) is 3.79. The molecule has 0 unspecified atom stereocenters. The minimum Gasteiger partial charge on any atom is -0.361 e. The fourth-order valence-corrected chi connectivity index (χ4v) is 1.02. The third-order valence-electron chi connectivity index (χ3n) is 1.69. The van der Waals surface area contributed by atoms with Gasteiger partial charge in [0.2, 0.25) is 0 Å². The van der Waals surface area contributed by atoms with E-state index in [0.29, 0.717) is 6.73 Å². The number of ether oxygens (including phenoxy) is 1. The van der Waals surface area contributed by atoms with Crippen molar-refractivity contribution in [2.75, 3.05) is 13.2 Å². The molecule has 0 aliphatic heterocycles. The molecule has 1 aromatic heterocycles. The van der Waals surface area contributed by atoms with Crippen LogP contribution in [0.25, 0.3) is 0 Å². The topological polar surface area (TPSA) is 39.1 Å². The molecule has 4 heteroatoms. The lowest BCUT2D eigenvalue weighted by Crippen LogP contribution is -2.11. The first-order valence-electron chi connectivity index (χ1n) is 4.66. The summed E-state index contributed by atoms with van der Waals surface area (Å²) in [5, 5.41) is 3.22. The van der Waals surface area contributed by atoms with Crippen molar-refractivity contribution in [1.29, 1.82) is 0 Å². The zero-order chi connectivity index (χ0) is 9.52. The first kappa shape index (κ1) is 10.2. The van der Waals surface area contributed by atoms with Gasteiger partial charge in [0.25, 0.3) is 0 Å². The fraction of sp³-hybridized carbons (Fsp3) is 0.667. The van der Waals surface area contributed by atoms with E-state index in [9.17, 15) is 0 Å². The molecule has 0 saturated heterocycles. The molecule has 1 rings (SSSR count).